The zero-order valence-electron chi connectivity index (χ0n) is 15.0. The predicted octanol–water partition coefficient (Wildman–Crippen LogP) is 3.08. The van der Waals surface area contributed by atoms with E-state index in [0.29, 0.717) is 0 Å². The van der Waals surface area contributed by atoms with Gasteiger partial charge in [-0.25, -0.2) is 0 Å². The Labute approximate surface area is 141 Å². The summed E-state index contributed by atoms with van der Waals surface area (Å²) in [5, 5.41) is 11.0. The number of aromatic nitrogens is 2. The lowest BCUT2D eigenvalue weighted by molar-refractivity contribution is 0.259. The molecule has 1 aliphatic rings. The summed E-state index contributed by atoms with van der Waals surface area (Å²) in [5.41, 5.74) is 1.16. The molecule has 1 heterocycles. The molecule has 5 heteroatoms. The van der Waals surface area contributed by atoms with Gasteiger partial charge in [0.25, 0.3) is 0 Å². The van der Waals surface area contributed by atoms with Crippen LogP contribution in [0.4, 0.5) is 0 Å². The molecule has 0 unspecified atom stereocenters. The van der Waals surface area contributed by atoms with Gasteiger partial charge in [0.2, 0.25) is 0 Å². The number of hydrogen-bond acceptors (Lipinski definition) is 2. The molecule has 2 rings (SSSR count). The number of aliphatic imine (C=N–C) groups is 1. The van der Waals surface area contributed by atoms with Gasteiger partial charge >= 0.3 is 0 Å². The van der Waals surface area contributed by atoms with Crippen molar-refractivity contribution in [1.29, 1.82) is 0 Å². The Bertz CT molecular complexity index is 472. The van der Waals surface area contributed by atoms with Crippen LogP contribution in [-0.4, -0.2) is 29.3 Å². The molecule has 2 N–H and O–H groups in total. The molecule has 1 saturated carbocycles. The number of unbranched alkanes of at least 4 members (excludes halogenated alkanes) is 1. The van der Waals surface area contributed by atoms with Crippen molar-refractivity contribution >= 4 is 5.96 Å². The Morgan fingerprint density at radius 1 is 1.26 bits per heavy atom. The summed E-state index contributed by atoms with van der Waals surface area (Å²) in [6.07, 6.45) is 11.5. The van der Waals surface area contributed by atoms with Crippen LogP contribution in [0, 0.1) is 11.8 Å². The van der Waals surface area contributed by atoms with E-state index in [1.54, 1.807) is 0 Å². The van der Waals surface area contributed by atoms with Crippen molar-refractivity contribution in [2.75, 3.05) is 13.6 Å². The Kier molecular flexibility index (Phi) is 7.43. The zero-order chi connectivity index (χ0) is 16.5. The molecule has 0 bridgehead atoms. The third-order valence-electron chi connectivity index (χ3n) is 5.07. The van der Waals surface area contributed by atoms with Gasteiger partial charge in [0, 0.05) is 26.8 Å². The molecule has 1 aromatic rings. The summed E-state index contributed by atoms with van der Waals surface area (Å²) >= 11 is 0. The van der Waals surface area contributed by atoms with E-state index in [2.05, 4.69) is 27.6 Å². The van der Waals surface area contributed by atoms with Gasteiger partial charge < -0.3 is 10.6 Å². The van der Waals surface area contributed by atoms with Crippen LogP contribution in [0.15, 0.2) is 17.3 Å². The van der Waals surface area contributed by atoms with E-state index in [1.807, 2.05) is 31.0 Å². The molecular weight excluding hydrogens is 286 g/mol. The highest BCUT2D eigenvalue weighted by Gasteiger charge is 2.20. The maximum absolute atomic E-state index is 4.32. The Morgan fingerprint density at radius 2 is 2.00 bits per heavy atom. The molecule has 1 fully saturated rings. The third kappa shape index (κ3) is 5.88. The van der Waals surface area contributed by atoms with Gasteiger partial charge in [0.05, 0.1) is 12.2 Å². The average molecular weight is 319 g/mol. The molecule has 0 aromatic carbocycles. The van der Waals surface area contributed by atoms with Crippen molar-refractivity contribution < 1.29 is 0 Å². The molecule has 1 aromatic heterocycles. The third-order valence-corrected chi connectivity index (χ3v) is 5.07. The number of nitrogens with zero attached hydrogens (tertiary/aromatic N) is 3. The van der Waals surface area contributed by atoms with Crippen molar-refractivity contribution in [3.05, 3.63) is 18.0 Å². The van der Waals surface area contributed by atoms with Gasteiger partial charge in [-0.2, -0.15) is 5.10 Å². The van der Waals surface area contributed by atoms with Gasteiger partial charge in [0.1, 0.15) is 0 Å². The van der Waals surface area contributed by atoms with E-state index in [1.165, 1.54) is 44.9 Å². The fraction of sp³-hybridized carbons (Fsp3) is 0.778. The quantitative estimate of drug-likeness (QED) is 0.600. The molecule has 0 amide bonds. The van der Waals surface area contributed by atoms with Crippen molar-refractivity contribution in [1.82, 2.24) is 20.4 Å². The van der Waals surface area contributed by atoms with Crippen LogP contribution >= 0.6 is 0 Å². The molecule has 0 spiro atoms. The molecule has 0 atom stereocenters. The standard InChI is InChI=1S/C18H33N5/c1-4-5-6-15-7-9-16(10-8-15)13-20-18(19-2)21-14-17-11-12-22-23(17)3/h11-12,15-16H,4-10,13-14H2,1-3H3,(H2,19,20,21). The molecule has 0 saturated heterocycles. The maximum Gasteiger partial charge on any atom is 0.191 e. The summed E-state index contributed by atoms with van der Waals surface area (Å²) in [7, 11) is 3.80. The lowest BCUT2D eigenvalue weighted by atomic mass is 9.80. The van der Waals surface area contributed by atoms with Crippen molar-refractivity contribution in [3.8, 4) is 0 Å². The molecule has 23 heavy (non-hydrogen) atoms. The van der Waals surface area contributed by atoms with Crippen LogP contribution in [0.25, 0.3) is 0 Å². The van der Waals surface area contributed by atoms with Crippen LogP contribution in [0.5, 0.6) is 0 Å². The van der Waals surface area contributed by atoms with E-state index in [4.69, 9.17) is 0 Å². The lowest BCUT2D eigenvalue weighted by Crippen LogP contribution is -2.40. The number of guanidine groups is 1. The van der Waals surface area contributed by atoms with Gasteiger partial charge in [0.15, 0.2) is 5.96 Å². The molecule has 5 nitrogen and oxygen atoms in total. The van der Waals surface area contributed by atoms with Gasteiger partial charge in [-0.15, -0.1) is 0 Å². The summed E-state index contributed by atoms with van der Waals surface area (Å²) in [6.45, 7) is 4.07. The fourth-order valence-electron chi connectivity index (χ4n) is 3.43. The molecule has 0 aliphatic heterocycles. The van der Waals surface area contributed by atoms with E-state index in [9.17, 15) is 0 Å². The molecule has 1 aliphatic carbocycles. The number of nitrogens with one attached hydrogen (secondary N) is 2. The lowest BCUT2D eigenvalue weighted by Gasteiger charge is -2.29. The first kappa shape index (κ1) is 17.8. The van der Waals surface area contributed by atoms with Crippen molar-refractivity contribution in [2.24, 2.45) is 23.9 Å². The minimum Gasteiger partial charge on any atom is -0.356 e. The van der Waals surface area contributed by atoms with E-state index < -0.39 is 0 Å². The summed E-state index contributed by atoms with van der Waals surface area (Å²) < 4.78 is 1.89. The monoisotopic (exact) mass is 319 g/mol. The van der Waals surface area contributed by atoms with Crippen LogP contribution in [0.3, 0.4) is 0 Å². The Morgan fingerprint density at radius 3 is 2.61 bits per heavy atom. The average Bonchev–Trinajstić information content (AvgIpc) is 2.99. The number of rotatable bonds is 7. The highest BCUT2D eigenvalue weighted by atomic mass is 15.3. The van der Waals surface area contributed by atoms with Gasteiger partial charge in [-0.3, -0.25) is 9.67 Å². The smallest absolute Gasteiger partial charge is 0.191 e. The van der Waals surface area contributed by atoms with Crippen LogP contribution < -0.4 is 10.6 Å². The second-order valence-corrected chi connectivity index (χ2v) is 6.78. The van der Waals surface area contributed by atoms with Crippen LogP contribution in [0.1, 0.15) is 57.6 Å². The van der Waals surface area contributed by atoms with Crippen molar-refractivity contribution in [3.63, 3.8) is 0 Å². The summed E-state index contributed by atoms with van der Waals surface area (Å²) in [4.78, 5) is 4.32. The second-order valence-electron chi connectivity index (χ2n) is 6.78. The van der Waals surface area contributed by atoms with E-state index in [0.717, 1.165) is 36.6 Å². The van der Waals surface area contributed by atoms with Gasteiger partial charge in [-0.1, -0.05) is 39.0 Å². The molecule has 0 radical (unpaired) electrons. The largest absolute Gasteiger partial charge is 0.356 e. The first-order chi connectivity index (χ1) is 11.2. The SMILES string of the molecule is CCCCC1CCC(CNC(=NC)NCc2ccnn2C)CC1. The van der Waals surface area contributed by atoms with Crippen LogP contribution in [-0.2, 0) is 13.6 Å². The maximum atomic E-state index is 4.32. The number of aryl methyl sites for hydroxylation is 1. The normalized spacial score (nSPS) is 22.1. The number of hydrogen-bond donors (Lipinski definition) is 2. The highest BCUT2D eigenvalue weighted by Crippen LogP contribution is 2.31. The first-order valence-corrected chi connectivity index (χ1v) is 9.14. The zero-order valence-corrected chi connectivity index (χ0v) is 15.0. The minimum absolute atomic E-state index is 0.750. The molecular formula is C18H33N5. The van der Waals surface area contributed by atoms with Crippen LogP contribution in [0.2, 0.25) is 0 Å². The molecule has 130 valence electrons. The topological polar surface area (TPSA) is 54.2 Å². The summed E-state index contributed by atoms with van der Waals surface area (Å²) in [5.74, 6) is 2.66. The van der Waals surface area contributed by atoms with Gasteiger partial charge in [-0.05, 0) is 30.7 Å². The first-order valence-electron chi connectivity index (χ1n) is 9.14. The fourth-order valence-corrected chi connectivity index (χ4v) is 3.43. The predicted molar refractivity (Wildman–Crippen MR) is 96.4 cm³/mol. The highest BCUT2D eigenvalue weighted by molar-refractivity contribution is 5.79. The minimum atomic E-state index is 0.750. The van der Waals surface area contributed by atoms with E-state index >= 15 is 0 Å². The summed E-state index contributed by atoms with van der Waals surface area (Å²) in [6, 6.07) is 2.03. The Hall–Kier alpha value is -1.52. The second kappa shape index (κ2) is 9.58. The Balaban J connectivity index is 1.65. The van der Waals surface area contributed by atoms with E-state index in [-0.39, 0.29) is 0 Å². The van der Waals surface area contributed by atoms with Crippen molar-refractivity contribution in [2.45, 2.75) is 58.4 Å².